The highest BCUT2D eigenvalue weighted by molar-refractivity contribution is 6.39. The van der Waals surface area contributed by atoms with E-state index in [9.17, 15) is 14.7 Å². The summed E-state index contributed by atoms with van der Waals surface area (Å²) in [6, 6.07) is 4.41. The summed E-state index contributed by atoms with van der Waals surface area (Å²) in [6.45, 7) is 2.59. The summed E-state index contributed by atoms with van der Waals surface area (Å²) in [5, 5.41) is 9.83. The van der Waals surface area contributed by atoms with Crippen LogP contribution in [0.15, 0.2) is 18.2 Å². The third kappa shape index (κ3) is 3.83. The van der Waals surface area contributed by atoms with Crippen molar-refractivity contribution in [3.63, 3.8) is 0 Å². The van der Waals surface area contributed by atoms with Crippen molar-refractivity contribution >= 4 is 35.1 Å². The average molecular weight is 307 g/mol. The second-order valence-corrected chi connectivity index (χ2v) is 4.50. The molecule has 0 bridgehead atoms. The van der Waals surface area contributed by atoms with Gasteiger partial charge in [0.2, 0.25) is 0 Å². The molecule has 0 aromatic heterocycles. The molecule has 1 atom stereocenters. The Morgan fingerprint density at radius 2 is 1.84 bits per heavy atom. The molecule has 0 aliphatic rings. The maximum Gasteiger partial charge on any atom is 0.379 e. The summed E-state index contributed by atoms with van der Waals surface area (Å²) in [6.07, 6.45) is 0. The van der Waals surface area contributed by atoms with E-state index in [1.807, 2.05) is 0 Å². The quantitative estimate of drug-likeness (QED) is 0.683. The van der Waals surface area contributed by atoms with E-state index in [2.05, 4.69) is 9.47 Å². The first kappa shape index (κ1) is 15.8. The Morgan fingerprint density at radius 1 is 1.32 bits per heavy atom. The molecule has 1 aromatic carbocycles. The van der Waals surface area contributed by atoms with Gasteiger partial charge in [0.15, 0.2) is 0 Å². The molecule has 0 aliphatic carbocycles. The third-order valence-corrected chi connectivity index (χ3v) is 2.74. The van der Waals surface area contributed by atoms with Crippen LogP contribution in [0.1, 0.15) is 24.2 Å². The molecule has 0 saturated carbocycles. The fourth-order valence-electron chi connectivity index (χ4n) is 1.23. The molecule has 0 heterocycles. The number of carbonyl (C=O) groups is 2. The largest absolute Gasteiger partial charge is 0.461 e. The number of ether oxygens (including phenoxy) is 2. The van der Waals surface area contributed by atoms with Crippen LogP contribution < -0.4 is 0 Å². The number of rotatable bonds is 4. The van der Waals surface area contributed by atoms with Gasteiger partial charge in [-0.1, -0.05) is 29.3 Å². The lowest BCUT2D eigenvalue weighted by atomic mass is 10.2. The van der Waals surface area contributed by atoms with Gasteiger partial charge in [-0.2, -0.15) is 0 Å². The summed E-state index contributed by atoms with van der Waals surface area (Å²) in [5.74, 6) is -4.50. The molecule has 0 amide bonds. The Labute approximate surface area is 120 Å². The Kier molecular flexibility index (Phi) is 5.17. The molecule has 104 valence electrons. The van der Waals surface area contributed by atoms with Crippen molar-refractivity contribution in [2.45, 2.75) is 19.6 Å². The maximum atomic E-state index is 11.9. The zero-order valence-corrected chi connectivity index (χ0v) is 11.8. The van der Waals surface area contributed by atoms with Crippen LogP contribution in [-0.4, -0.2) is 29.4 Å². The molecule has 0 saturated heterocycles. The molecule has 0 fully saturated rings. The van der Waals surface area contributed by atoms with Gasteiger partial charge in [0, 0.05) is 6.92 Å². The van der Waals surface area contributed by atoms with Crippen molar-refractivity contribution < 1.29 is 24.2 Å². The maximum absolute atomic E-state index is 11.9. The Balaban J connectivity index is 2.94. The van der Waals surface area contributed by atoms with Crippen molar-refractivity contribution in [1.29, 1.82) is 0 Å². The molecule has 0 spiro atoms. The molecule has 1 N–H and O–H groups in total. The van der Waals surface area contributed by atoms with E-state index in [1.165, 1.54) is 12.1 Å². The van der Waals surface area contributed by atoms with Gasteiger partial charge in [0.25, 0.3) is 0 Å². The van der Waals surface area contributed by atoms with Gasteiger partial charge in [0.05, 0.1) is 22.2 Å². The summed E-state index contributed by atoms with van der Waals surface area (Å²) < 4.78 is 9.24. The number of hydrogen-bond donors (Lipinski definition) is 1. The first-order chi connectivity index (χ1) is 8.79. The van der Waals surface area contributed by atoms with Gasteiger partial charge < -0.3 is 14.6 Å². The summed E-state index contributed by atoms with van der Waals surface area (Å²) in [5.41, 5.74) is -0.129. The minimum Gasteiger partial charge on any atom is -0.461 e. The van der Waals surface area contributed by atoms with E-state index in [-0.39, 0.29) is 22.2 Å². The van der Waals surface area contributed by atoms with Gasteiger partial charge in [-0.3, -0.25) is 0 Å². The smallest absolute Gasteiger partial charge is 0.379 e. The van der Waals surface area contributed by atoms with Gasteiger partial charge in [-0.25, -0.2) is 9.59 Å². The molecule has 19 heavy (non-hydrogen) atoms. The molecule has 5 nitrogen and oxygen atoms in total. The summed E-state index contributed by atoms with van der Waals surface area (Å²) in [7, 11) is 0. The van der Waals surface area contributed by atoms with Crippen LogP contribution in [0.25, 0.3) is 0 Å². The number of carbonyl (C=O) groups excluding carboxylic acids is 2. The first-order valence-corrected chi connectivity index (χ1v) is 6.12. The van der Waals surface area contributed by atoms with E-state index in [4.69, 9.17) is 23.2 Å². The van der Waals surface area contributed by atoms with Gasteiger partial charge in [0.1, 0.15) is 0 Å². The minimum atomic E-state index is -2.41. The molecule has 0 aliphatic heterocycles. The molecular weight excluding hydrogens is 295 g/mol. The predicted molar refractivity (Wildman–Crippen MR) is 69.1 cm³/mol. The molecule has 7 heteroatoms. The van der Waals surface area contributed by atoms with E-state index in [0.29, 0.717) is 0 Å². The number of esters is 2. The highest BCUT2D eigenvalue weighted by atomic mass is 35.5. The highest BCUT2D eigenvalue weighted by Crippen LogP contribution is 2.26. The molecular formula is C12H12Cl2O5. The van der Waals surface area contributed by atoms with E-state index >= 15 is 0 Å². The number of benzene rings is 1. The van der Waals surface area contributed by atoms with E-state index in [0.717, 1.165) is 6.92 Å². The van der Waals surface area contributed by atoms with Crippen LogP contribution in [0, 0.1) is 0 Å². The number of halogens is 2. The van der Waals surface area contributed by atoms with E-state index in [1.54, 1.807) is 13.0 Å². The van der Waals surface area contributed by atoms with Crippen LogP contribution in [-0.2, 0) is 14.3 Å². The van der Waals surface area contributed by atoms with Crippen molar-refractivity contribution in [2.24, 2.45) is 0 Å². The van der Waals surface area contributed by atoms with Crippen LogP contribution in [0.4, 0.5) is 0 Å². The average Bonchev–Trinajstić information content (AvgIpc) is 2.28. The lowest BCUT2D eigenvalue weighted by molar-refractivity contribution is -0.203. The summed E-state index contributed by atoms with van der Waals surface area (Å²) >= 11 is 11.6. The molecule has 0 radical (unpaired) electrons. The Morgan fingerprint density at radius 3 is 2.32 bits per heavy atom. The molecule has 0 unspecified atom stereocenters. The highest BCUT2D eigenvalue weighted by Gasteiger charge is 2.37. The third-order valence-electron chi connectivity index (χ3n) is 2.11. The Bertz CT molecular complexity index is 479. The topological polar surface area (TPSA) is 72.8 Å². The van der Waals surface area contributed by atoms with E-state index < -0.39 is 17.7 Å². The number of hydrogen-bond acceptors (Lipinski definition) is 5. The van der Waals surface area contributed by atoms with Crippen molar-refractivity contribution in [1.82, 2.24) is 0 Å². The minimum absolute atomic E-state index is 0.0411. The zero-order chi connectivity index (χ0) is 14.6. The first-order valence-electron chi connectivity index (χ1n) is 5.36. The van der Waals surface area contributed by atoms with Crippen molar-refractivity contribution in [3.8, 4) is 0 Å². The van der Waals surface area contributed by atoms with Crippen LogP contribution >= 0.6 is 23.2 Å². The zero-order valence-electron chi connectivity index (χ0n) is 10.3. The van der Waals surface area contributed by atoms with Crippen LogP contribution in [0.5, 0.6) is 0 Å². The lowest BCUT2D eigenvalue weighted by Crippen LogP contribution is -2.41. The number of aliphatic hydroxyl groups is 1. The summed E-state index contributed by atoms with van der Waals surface area (Å²) in [4.78, 5) is 23.2. The van der Waals surface area contributed by atoms with Gasteiger partial charge in [-0.05, 0) is 19.1 Å². The van der Waals surface area contributed by atoms with Crippen LogP contribution in [0.2, 0.25) is 10.0 Å². The second kappa shape index (κ2) is 6.23. The predicted octanol–water partition coefficient (Wildman–Crippen LogP) is 2.42. The fraction of sp³-hybridized carbons (Fsp3) is 0.333. The standard InChI is InChI=1S/C12H12Cl2O5/c1-3-18-11(16)12(2,17)19-10(15)9-7(13)5-4-6-8(9)14/h4-6,17H,3H2,1-2H3/t12-/m1/s1. The Hall–Kier alpha value is -1.30. The fourth-order valence-corrected chi connectivity index (χ4v) is 1.78. The SMILES string of the molecule is CCOC(=O)[C@](C)(O)OC(=O)c1c(Cl)cccc1Cl. The van der Waals surface area contributed by atoms with Gasteiger partial charge in [-0.15, -0.1) is 0 Å². The van der Waals surface area contributed by atoms with Crippen LogP contribution in [0.3, 0.4) is 0 Å². The molecule has 1 aromatic rings. The lowest BCUT2D eigenvalue weighted by Gasteiger charge is -2.21. The monoisotopic (exact) mass is 306 g/mol. The molecule has 1 rings (SSSR count). The second-order valence-electron chi connectivity index (χ2n) is 3.69. The van der Waals surface area contributed by atoms with Crippen molar-refractivity contribution in [2.75, 3.05) is 6.61 Å². The normalized spacial score (nSPS) is 13.5. The van der Waals surface area contributed by atoms with Gasteiger partial charge >= 0.3 is 17.7 Å². The van der Waals surface area contributed by atoms with Crippen molar-refractivity contribution in [3.05, 3.63) is 33.8 Å².